The van der Waals surface area contributed by atoms with Crippen LogP contribution >= 0.6 is 0 Å². The molecule has 28 heavy (non-hydrogen) atoms. The zero-order valence-electron chi connectivity index (χ0n) is 17.2. The molecule has 0 spiro atoms. The van der Waals surface area contributed by atoms with Crippen LogP contribution in [0.25, 0.3) is 0 Å². The number of anilines is 1. The zero-order chi connectivity index (χ0) is 20.7. The maximum atomic E-state index is 12.5. The lowest BCUT2D eigenvalue weighted by Crippen LogP contribution is -2.48. The second kappa shape index (κ2) is 9.51. The molecular weight excluding hydrogens is 356 g/mol. The van der Waals surface area contributed by atoms with Gasteiger partial charge in [-0.25, -0.2) is 4.98 Å². The molecule has 0 aromatic carbocycles. The molecule has 0 atom stereocenters. The Hall–Kier alpha value is -2.66. The molecule has 0 bridgehead atoms. The van der Waals surface area contributed by atoms with Crippen molar-refractivity contribution in [2.24, 2.45) is 0 Å². The van der Waals surface area contributed by atoms with Crippen LogP contribution in [0.4, 0.5) is 5.82 Å². The molecule has 0 aliphatic carbocycles. The molecule has 1 fully saturated rings. The smallest absolute Gasteiger partial charge is 0.240 e. The highest BCUT2D eigenvalue weighted by Crippen LogP contribution is 2.18. The lowest BCUT2D eigenvalue weighted by molar-refractivity contribution is -0.136. The van der Waals surface area contributed by atoms with Gasteiger partial charge >= 0.3 is 0 Å². The van der Waals surface area contributed by atoms with Crippen LogP contribution in [0.3, 0.4) is 0 Å². The van der Waals surface area contributed by atoms with Crippen LogP contribution in [-0.4, -0.2) is 78.5 Å². The first kappa shape index (κ1) is 21.6. The second-order valence-electron chi connectivity index (χ2n) is 8.15. The molecule has 1 saturated heterocycles. The zero-order valence-corrected chi connectivity index (χ0v) is 17.2. The summed E-state index contributed by atoms with van der Waals surface area (Å²) in [4.78, 5) is 34.6. The van der Waals surface area contributed by atoms with E-state index in [4.69, 9.17) is 0 Å². The molecule has 2 rings (SSSR count). The minimum absolute atomic E-state index is 0.0511. The first-order valence-corrected chi connectivity index (χ1v) is 9.57. The normalized spacial score (nSPS) is 15.5. The fourth-order valence-corrected chi connectivity index (χ4v) is 3.15. The summed E-state index contributed by atoms with van der Waals surface area (Å²) in [6.45, 7) is 9.05. The highest BCUT2D eigenvalue weighted by Gasteiger charge is 2.22. The van der Waals surface area contributed by atoms with Gasteiger partial charge in [0, 0.05) is 45.0 Å². The number of hydrogen-bond donors (Lipinski definition) is 1. The van der Waals surface area contributed by atoms with E-state index in [0.717, 1.165) is 19.5 Å². The van der Waals surface area contributed by atoms with Gasteiger partial charge in [-0.3, -0.25) is 14.5 Å². The Morgan fingerprint density at radius 1 is 1.29 bits per heavy atom. The average Bonchev–Trinajstić information content (AvgIpc) is 2.85. The third-order valence-electron chi connectivity index (χ3n) is 4.48. The van der Waals surface area contributed by atoms with Crippen molar-refractivity contribution in [2.75, 3.05) is 51.2 Å². The van der Waals surface area contributed by atoms with Gasteiger partial charge < -0.3 is 15.1 Å². The monoisotopic (exact) mass is 386 g/mol. The number of likely N-dealkylation sites (N-methyl/N-ethyl adjacent to an activating group) is 1. The fraction of sp³-hybridized carbons (Fsp3) is 0.600. The van der Waals surface area contributed by atoms with Gasteiger partial charge in [-0.05, 0) is 39.3 Å². The topological polar surface area (TPSA) is 92.6 Å². The molecule has 8 heteroatoms. The van der Waals surface area contributed by atoms with E-state index in [1.165, 1.54) is 4.90 Å². The summed E-state index contributed by atoms with van der Waals surface area (Å²) in [6, 6.07) is 5.72. The maximum absolute atomic E-state index is 12.5. The minimum atomic E-state index is -0.316. The molecule has 0 radical (unpaired) electrons. The summed E-state index contributed by atoms with van der Waals surface area (Å²) in [5.41, 5.74) is 0.250. The molecule has 2 amide bonds. The summed E-state index contributed by atoms with van der Waals surface area (Å²) in [7, 11) is 1.65. The standard InChI is InChI=1S/C20H30N6O2/c1-20(2,3)23-17(27)14-24(4)18(28)15-25-9-6-10-26(12-11-25)19-16(13-21)7-5-8-22-19/h5,7-8H,6,9-12,14-15H2,1-4H3,(H,23,27). The third-order valence-corrected chi connectivity index (χ3v) is 4.48. The molecule has 0 unspecified atom stereocenters. The van der Waals surface area contributed by atoms with Crippen LogP contribution < -0.4 is 10.2 Å². The van der Waals surface area contributed by atoms with E-state index >= 15 is 0 Å². The number of nitriles is 1. The molecule has 1 aliphatic heterocycles. The number of carbonyl (C=O) groups is 2. The number of pyridine rings is 1. The molecule has 1 aromatic rings. The van der Waals surface area contributed by atoms with Gasteiger partial charge in [0.15, 0.2) is 0 Å². The van der Waals surface area contributed by atoms with Crippen LogP contribution in [0.5, 0.6) is 0 Å². The fourth-order valence-electron chi connectivity index (χ4n) is 3.15. The molecule has 1 aliphatic rings. The van der Waals surface area contributed by atoms with Crippen LogP contribution in [0.1, 0.15) is 32.8 Å². The van der Waals surface area contributed by atoms with Crippen molar-refractivity contribution in [2.45, 2.75) is 32.7 Å². The number of rotatable bonds is 5. The SMILES string of the molecule is CN(CC(=O)NC(C)(C)C)C(=O)CN1CCCN(c2ncccc2C#N)CC1. The quantitative estimate of drug-likeness (QED) is 0.806. The number of aromatic nitrogens is 1. The Labute approximate surface area is 167 Å². The van der Waals surface area contributed by atoms with E-state index < -0.39 is 0 Å². The average molecular weight is 387 g/mol. The summed E-state index contributed by atoms with van der Waals surface area (Å²) in [5.74, 6) is 0.465. The van der Waals surface area contributed by atoms with Crippen LogP contribution in [0, 0.1) is 11.3 Å². The van der Waals surface area contributed by atoms with Gasteiger partial charge in [-0.1, -0.05) is 0 Å². The number of amides is 2. The van der Waals surface area contributed by atoms with Crippen molar-refractivity contribution >= 4 is 17.6 Å². The Kier molecular flexibility index (Phi) is 7.35. The number of nitrogens with zero attached hydrogens (tertiary/aromatic N) is 5. The van der Waals surface area contributed by atoms with E-state index in [9.17, 15) is 14.9 Å². The summed E-state index contributed by atoms with van der Waals surface area (Å²) < 4.78 is 0. The Morgan fingerprint density at radius 2 is 2.04 bits per heavy atom. The van der Waals surface area contributed by atoms with Crippen molar-refractivity contribution in [1.29, 1.82) is 5.26 Å². The Bertz CT molecular complexity index is 737. The van der Waals surface area contributed by atoms with E-state index in [-0.39, 0.29) is 30.4 Å². The van der Waals surface area contributed by atoms with Crippen LogP contribution in [0.15, 0.2) is 18.3 Å². The second-order valence-corrected chi connectivity index (χ2v) is 8.15. The van der Waals surface area contributed by atoms with Gasteiger partial charge in [0.05, 0.1) is 18.7 Å². The molecule has 8 nitrogen and oxygen atoms in total. The van der Waals surface area contributed by atoms with E-state index in [0.29, 0.717) is 24.5 Å². The number of hydrogen-bond acceptors (Lipinski definition) is 6. The molecule has 2 heterocycles. The van der Waals surface area contributed by atoms with Gasteiger partial charge in [-0.15, -0.1) is 0 Å². The first-order chi connectivity index (χ1) is 13.2. The molecule has 1 N–H and O–H groups in total. The minimum Gasteiger partial charge on any atom is -0.354 e. The Balaban J connectivity index is 1.88. The lowest BCUT2D eigenvalue weighted by Gasteiger charge is -2.26. The van der Waals surface area contributed by atoms with Crippen molar-refractivity contribution in [1.82, 2.24) is 20.1 Å². The van der Waals surface area contributed by atoms with Crippen molar-refractivity contribution in [3.8, 4) is 6.07 Å². The van der Waals surface area contributed by atoms with Gasteiger partial charge in [0.1, 0.15) is 11.9 Å². The van der Waals surface area contributed by atoms with Gasteiger partial charge in [-0.2, -0.15) is 5.26 Å². The Morgan fingerprint density at radius 3 is 2.71 bits per heavy atom. The van der Waals surface area contributed by atoms with Crippen LogP contribution in [-0.2, 0) is 9.59 Å². The first-order valence-electron chi connectivity index (χ1n) is 9.57. The van der Waals surface area contributed by atoms with Crippen molar-refractivity contribution in [3.63, 3.8) is 0 Å². The third kappa shape index (κ3) is 6.50. The van der Waals surface area contributed by atoms with E-state index in [1.54, 1.807) is 25.4 Å². The molecule has 1 aromatic heterocycles. The molecule has 0 saturated carbocycles. The highest BCUT2D eigenvalue weighted by molar-refractivity contribution is 5.85. The van der Waals surface area contributed by atoms with E-state index in [2.05, 4.69) is 26.2 Å². The van der Waals surface area contributed by atoms with Gasteiger partial charge in [0.25, 0.3) is 0 Å². The summed E-state index contributed by atoms with van der Waals surface area (Å²) in [6.07, 6.45) is 2.57. The van der Waals surface area contributed by atoms with Crippen molar-refractivity contribution in [3.05, 3.63) is 23.9 Å². The summed E-state index contributed by atoms with van der Waals surface area (Å²) in [5, 5.41) is 12.2. The summed E-state index contributed by atoms with van der Waals surface area (Å²) >= 11 is 0. The maximum Gasteiger partial charge on any atom is 0.240 e. The predicted octanol–water partition coefficient (Wildman–Crippen LogP) is 0.838. The lowest BCUT2D eigenvalue weighted by atomic mass is 10.1. The number of nitrogens with one attached hydrogen (secondary N) is 1. The number of carbonyl (C=O) groups excluding carboxylic acids is 2. The van der Waals surface area contributed by atoms with Crippen LogP contribution in [0.2, 0.25) is 0 Å². The predicted molar refractivity (Wildman–Crippen MR) is 108 cm³/mol. The van der Waals surface area contributed by atoms with E-state index in [1.807, 2.05) is 20.8 Å². The largest absolute Gasteiger partial charge is 0.354 e. The van der Waals surface area contributed by atoms with Crippen molar-refractivity contribution < 1.29 is 9.59 Å². The van der Waals surface area contributed by atoms with Gasteiger partial charge in [0.2, 0.25) is 11.8 Å². The highest BCUT2D eigenvalue weighted by atomic mass is 16.2. The molecule has 152 valence electrons. The molecular formula is C20H30N6O2.